The lowest BCUT2D eigenvalue weighted by atomic mass is 10.1. The number of halogens is 2. The second kappa shape index (κ2) is 5.02. The number of benzene rings is 1. The van der Waals surface area contributed by atoms with Gasteiger partial charge in [0.15, 0.2) is 0 Å². The van der Waals surface area contributed by atoms with Crippen LogP contribution in [0.2, 0.25) is 5.02 Å². The van der Waals surface area contributed by atoms with Crippen LogP contribution in [0.1, 0.15) is 17.3 Å². The Morgan fingerprint density at radius 2 is 2.35 bits per heavy atom. The number of amides is 1. The van der Waals surface area contributed by atoms with Gasteiger partial charge < -0.3 is 9.64 Å². The first kappa shape index (κ1) is 12.3. The molecule has 3 nitrogen and oxygen atoms in total. The Hall–Kier alpha value is -1.13. The molecule has 92 valence electrons. The van der Waals surface area contributed by atoms with Crippen molar-refractivity contribution < 1.29 is 13.9 Å². The first-order valence-electron chi connectivity index (χ1n) is 5.44. The van der Waals surface area contributed by atoms with Crippen LogP contribution in [0.15, 0.2) is 18.2 Å². The molecule has 0 bridgehead atoms. The average molecular weight is 258 g/mol. The van der Waals surface area contributed by atoms with Crippen LogP contribution in [-0.4, -0.2) is 36.6 Å². The van der Waals surface area contributed by atoms with Crippen LogP contribution in [0, 0.1) is 5.82 Å². The number of hydrogen-bond acceptors (Lipinski definition) is 2. The topological polar surface area (TPSA) is 29.5 Å². The second-order valence-electron chi connectivity index (χ2n) is 4.06. The fourth-order valence-corrected chi connectivity index (χ4v) is 2.01. The van der Waals surface area contributed by atoms with Crippen molar-refractivity contribution in [1.29, 1.82) is 0 Å². The Balaban J connectivity index is 2.21. The quantitative estimate of drug-likeness (QED) is 0.773. The minimum Gasteiger partial charge on any atom is -0.375 e. The van der Waals surface area contributed by atoms with Crippen molar-refractivity contribution in [2.24, 2.45) is 0 Å². The fourth-order valence-electron chi connectivity index (χ4n) is 1.83. The lowest BCUT2D eigenvalue weighted by molar-refractivity contribution is -0.0125. The molecular formula is C12H13ClFNO2. The minimum atomic E-state index is -0.543. The molecule has 0 saturated carbocycles. The molecule has 1 aliphatic heterocycles. The van der Waals surface area contributed by atoms with Gasteiger partial charge in [-0.05, 0) is 25.1 Å². The Morgan fingerprint density at radius 1 is 1.59 bits per heavy atom. The van der Waals surface area contributed by atoms with E-state index in [1.54, 1.807) is 4.90 Å². The summed E-state index contributed by atoms with van der Waals surface area (Å²) in [5.74, 6) is -0.876. The van der Waals surface area contributed by atoms with Crippen LogP contribution in [0.25, 0.3) is 0 Å². The van der Waals surface area contributed by atoms with Crippen LogP contribution in [0.4, 0.5) is 4.39 Å². The van der Waals surface area contributed by atoms with E-state index in [4.69, 9.17) is 16.3 Å². The Morgan fingerprint density at radius 3 is 3.06 bits per heavy atom. The number of morpholine rings is 1. The number of carbonyl (C=O) groups is 1. The van der Waals surface area contributed by atoms with Gasteiger partial charge in [-0.1, -0.05) is 11.6 Å². The van der Waals surface area contributed by atoms with Crippen molar-refractivity contribution in [1.82, 2.24) is 4.90 Å². The molecule has 1 aromatic rings. The van der Waals surface area contributed by atoms with E-state index in [0.717, 1.165) is 0 Å². The number of nitrogens with zero attached hydrogens (tertiary/aromatic N) is 1. The lowest BCUT2D eigenvalue weighted by Crippen LogP contribution is -2.44. The van der Waals surface area contributed by atoms with E-state index in [1.165, 1.54) is 18.2 Å². The van der Waals surface area contributed by atoms with Gasteiger partial charge in [0.05, 0.1) is 18.3 Å². The molecule has 0 radical (unpaired) electrons. The van der Waals surface area contributed by atoms with Crippen LogP contribution < -0.4 is 0 Å². The third-order valence-electron chi connectivity index (χ3n) is 2.69. The zero-order chi connectivity index (χ0) is 12.4. The number of rotatable bonds is 1. The van der Waals surface area contributed by atoms with E-state index in [0.29, 0.717) is 24.7 Å². The van der Waals surface area contributed by atoms with Gasteiger partial charge in [-0.15, -0.1) is 0 Å². The summed E-state index contributed by atoms with van der Waals surface area (Å²) >= 11 is 5.77. The SMILES string of the molecule is CC1CN(C(=O)c2cc(Cl)ccc2F)CCO1. The summed E-state index contributed by atoms with van der Waals surface area (Å²) in [5, 5.41) is 0.357. The summed E-state index contributed by atoms with van der Waals surface area (Å²) in [4.78, 5) is 13.7. The maximum atomic E-state index is 13.5. The third-order valence-corrected chi connectivity index (χ3v) is 2.92. The third kappa shape index (κ3) is 2.76. The summed E-state index contributed by atoms with van der Waals surface area (Å²) in [6, 6.07) is 3.99. The maximum absolute atomic E-state index is 13.5. The molecule has 0 aromatic heterocycles. The first-order chi connectivity index (χ1) is 8.08. The van der Waals surface area contributed by atoms with Crippen molar-refractivity contribution in [3.05, 3.63) is 34.6 Å². The predicted molar refractivity (Wildman–Crippen MR) is 62.7 cm³/mol. The van der Waals surface area contributed by atoms with Crippen molar-refractivity contribution >= 4 is 17.5 Å². The molecule has 1 fully saturated rings. The average Bonchev–Trinajstić information content (AvgIpc) is 2.31. The molecule has 0 aliphatic carbocycles. The van der Waals surface area contributed by atoms with Gasteiger partial charge in [-0.2, -0.15) is 0 Å². The molecule has 1 amide bonds. The predicted octanol–water partition coefficient (Wildman–Crippen LogP) is 2.34. The molecule has 1 aliphatic rings. The van der Waals surface area contributed by atoms with Gasteiger partial charge in [0, 0.05) is 18.1 Å². The minimum absolute atomic E-state index is 0.0186. The Bertz CT molecular complexity index is 439. The van der Waals surface area contributed by atoms with Crippen molar-refractivity contribution in [3.63, 3.8) is 0 Å². The summed E-state index contributed by atoms with van der Waals surface area (Å²) in [7, 11) is 0. The van der Waals surface area contributed by atoms with Gasteiger partial charge >= 0.3 is 0 Å². The smallest absolute Gasteiger partial charge is 0.257 e. The molecule has 1 saturated heterocycles. The van der Waals surface area contributed by atoms with Crippen LogP contribution in [0.3, 0.4) is 0 Å². The standard InChI is InChI=1S/C12H13ClFNO2/c1-8-7-15(4-5-17-8)12(16)10-6-9(13)2-3-11(10)14/h2-3,6,8H,4-5,7H2,1H3. The highest BCUT2D eigenvalue weighted by Gasteiger charge is 2.24. The van der Waals surface area contributed by atoms with Crippen molar-refractivity contribution in [2.45, 2.75) is 13.0 Å². The van der Waals surface area contributed by atoms with Gasteiger partial charge in [0.1, 0.15) is 5.82 Å². The van der Waals surface area contributed by atoms with E-state index in [2.05, 4.69) is 0 Å². The first-order valence-corrected chi connectivity index (χ1v) is 5.81. The van der Waals surface area contributed by atoms with E-state index in [-0.39, 0.29) is 17.6 Å². The maximum Gasteiger partial charge on any atom is 0.257 e. The summed E-state index contributed by atoms with van der Waals surface area (Å²) < 4.78 is 18.9. The highest BCUT2D eigenvalue weighted by atomic mass is 35.5. The number of ether oxygens (including phenoxy) is 1. The Labute approximate surface area is 104 Å². The highest BCUT2D eigenvalue weighted by Crippen LogP contribution is 2.18. The van der Waals surface area contributed by atoms with Gasteiger partial charge in [0.25, 0.3) is 5.91 Å². The monoisotopic (exact) mass is 257 g/mol. The summed E-state index contributed by atoms with van der Waals surface area (Å²) in [6.45, 7) is 3.32. The normalized spacial score (nSPS) is 20.4. The van der Waals surface area contributed by atoms with E-state index in [1.807, 2.05) is 6.92 Å². The summed E-state index contributed by atoms with van der Waals surface area (Å²) in [5.41, 5.74) is 0.0200. The molecule has 1 aromatic carbocycles. The fraction of sp³-hybridized carbons (Fsp3) is 0.417. The molecule has 1 unspecified atom stereocenters. The number of carbonyl (C=O) groups excluding carboxylic acids is 1. The summed E-state index contributed by atoms with van der Waals surface area (Å²) in [6.07, 6.45) is -0.0186. The van der Waals surface area contributed by atoms with Gasteiger partial charge in [-0.3, -0.25) is 4.79 Å². The van der Waals surface area contributed by atoms with Gasteiger partial charge in [0.2, 0.25) is 0 Å². The van der Waals surface area contributed by atoms with Crippen molar-refractivity contribution in [3.8, 4) is 0 Å². The molecule has 1 heterocycles. The van der Waals surface area contributed by atoms with E-state index < -0.39 is 5.82 Å². The molecule has 0 N–H and O–H groups in total. The molecule has 1 atom stereocenters. The molecule has 5 heteroatoms. The van der Waals surface area contributed by atoms with Crippen LogP contribution in [-0.2, 0) is 4.74 Å². The molecule has 17 heavy (non-hydrogen) atoms. The van der Waals surface area contributed by atoms with Crippen molar-refractivity contribution in [2.75, 3.05) is 19.7 Å². The molecule has 0 spiro atoms. The van der Waals surface area contributed by atoms with Gasteiger partial charge in [-0.25, -0.2) is 4.39 Å². The van der Waals surface area contributed by atoms with E-state index >= 15 is 0 Å². The number of hydrogen-bond donors (Lipinski definition) is 0. The zero-order valence-corrected chi connectivity index (χ0v) is 10.2. The highest BCUT2D eigenvalue weighted by molar-refractivity contribution is 6.31. The van der Waals surface area contributed by atoms with Crippen LogP contribution in [0.5, 0.6) is 0 Å². The lowest BCUT2D eigenvalue weighted by Gasteiger charge is -2.31. The molecular weight excluding hydrogens is 245 g/mol. The Kier molecular flexibility index (Phi) is 3.64. The molecule has 2 rings (SSSR count). The van der Waals surface area contributed by atoms with E-state index in [9.17, 15) is 9.18 Å². The zero-order valence-electron chi connectivity index (χ0n) is 9.45. The largest absolute Gasteiger partial charge is 0.375 e. The second-order valence-corrected chi connectivity index (χ2v) is 4.49. The van der Waals surface area contributed by atoms with Crippen LogP contribution >= 0.6 is 11.6 Å².